The fraction of sp³-hybridized carbons (Fsp3) is 0.400. The lowest BCUT2D eigenvalue weighted by molar-refractivity contribution is 0.242. The zero-order valence-corrected chi connectivity index (χ0v) is 17.2. The minimum atomic E-state index is -3.63. The van der Waals surface area contributed by atoms with Crippen molar-refractivity contribution in [2.75, 3.05) is 37.2 Å². The SMILES string of the molecule is CC(C)Oc1ccc(S(=O)(=O)Nc2ccc(NCCCN(C)C)cc2)cc1. The van der Waals surface area contributed by atoms with Crippen LogP contribution in [-0.2, 0) is 10.0 Å². The second-order valence-electron chi connectivity index (χ2n) is 6.90. The van der Waals surface area contributed by atoms with Gasteiger partial charge in [-0.15, -0.1) is 0 Å². The van der Waals surface area contributed by atoms with Crippen LogP contribution in [0.15, 0.2) is 53.4 Å². The van der Waals surface area contributed by atoms with Gasteiger partial charge in [0.15, 0.2) is 0 Å². The van der Waals surface area contributed by atoms with Crippen LogP contribution in [0.25, 0.3) is 0 Å². The molecule has 0 spiro atoms. The van der Waals surface area contributed by atoms with Crippen molar-refractivity contribution in [3.63, 3.8) is 0 Å². The second-order valence-corrected chi connectivity index (χ2v) is 8.59. The van der Waals surface area contributed by atoms with Crippen LogP contribution in [0.2, 0.25) is 0 Å². The summed E-state index contributed by atoms with van der Waals surface area (Å²) in [4.78, 5) is 2.34. The standard InChI is InChI=1S/C20H29N3O3S/c1-16(2)26-19-10-12-20(13-11-19)27(24,25)22-18-8-6-17(7-9-18)21-14-5-15-23(3)4/h6-13,16,21-22H,5,14-15H2,1-4H3. The molecule has 0 saturated heterocycles. The summed E-state index contributed by atoms with van der Waals surface area (Å²) in [6.07, 6.45) is 1.08. The monoisotopic (exact) mass is 391 g/mol. The van der Waals surface area contributed by atoms with Gasteiger partial charge in [-0.25, -0.2) is 8.42 Å². The first-order valence-corrected chi connectivity index (χ1v) is 10.5. The highest BCUT2D eigenvalue weighted by molar-refractivity contribution is 7.92. The second kappa shape index (κ2) is 9.62. The predicted octanol–water partition coefficient (Wildman–Crippen LogP) is 3.64. The summed E-state index contributed by atoms with van der Waals surface area (Å²) >= 11 is 0. The summed E-state index contributed by atoms with van der Waals surface area (Å²) in [5.74, 6) is 0.647. The Morgan fingerprint density at radius 1 is 0.963 bits per heavy atom. The average Bonchev–Trinajstić information content (AvgIpc) is 2.59. The van der Waals surface area contributed by atoms with Crippen molar-refractivity contribution >= 4 is 21.4 Å². The Labute approximate surface area is 162 Å². The van der Waals surface area contributed by atoms with Gasteiger partial charge in [-0.05, 0) is 89.4 Å². The third-order valence-electron chi connectivity index (χ3n) is 3.75. The summed E-state index contributed by atoms with van der Waals surface area (Å²) < 4.78 is 33.2. The molecule has 0 aliphatic heterocycles. The van der Waals surface area contributed by atoms with E-state index in [1.165, 1.54) is 0 Å². The molecular formula is C20H29N3O3S. The molecule has 0 radical (unpaired) electrons. The van der Waals surface area contributed by atoms with Crippen molar-refractivity contribution in [1.29, 1.82) is 0 Å². The van der Waals surface area contributed by atoms with Crippen molar-refractivity contribution in [2.24, 2.45) is 0 Å². The fourth-order valence-corrected chi connectivity index (χ4v) is 3.53. The molecule has 0 heterocycles. The van der Waals surface area contributed by atoms with Crippen LogP contribution in [0, 0.1) is 0 Å². The number of hydrogen-bond acceptors (Lipinski definition) is 5. The van der Waals surface area contributed by atoms with Crippen LogP contribution in [0.1, 0.15) is 20.3 Å². The number of rotatable bonds is 10. The molecule has 0 unspecified atom stereocenters. The van der Waals surface area contributed by atoms with E-state index in [0.717, 1.165) is 25.2 Å². The Hall–Kier alpha value is -2.25. The van der Waals surface area contributed by atoms with Crippen molar-refractivity contribution in [2.45, 2.75) is 31.3 Å². The minimum absolute atomic E-state index is 0.0422. The van der Waals surface area contributed by atoms with Crippen molar-refractivity contribution in [3.05, 3.63) is 48.5 Å². The van der Waals surface area contributed by atoms with Gasteiger partial charge in [-0.2, -0.15) is 0 Å². The first kappa shape index (κ1) is 21.1. The Morgan fingerprint density at radius 2 is 1.56 bits per heavy atom. The number of anilines is 2. The normalized spacial score (nSPS) is 11.6. The van der Waals surface area contributed by atoms with Crippen molar-refractivity contribution < 1.29 is 13.2 Å². The summed E-state index contributed by atoms with van der Waals surface area (Å²) in [5, 5.41) is 3.33. The van der Waals surface area contributed by atoms with E-state index < -0.39 is 10.0 Å². The molecule has 0 bridgehead atoms. The van der Waals surface area contributed by atoms with Crippen LogP contribution < -0.4 is 14.8 Å². The molecular weight excluding hydrogens is 362 g/mol. The van der Waals surface area contributed by atoms with Crippen LogP contribution in [0.4, 0.5) is 11.4 Å². The first-order valence-electron chi connectivity index (χ1n) is 9.04. The fourth-order valence-electron chi connectivity index (χ4n) is 2.47. The molecule has 2 N–H and O–H groups in total. The van der Waals surface area contributed by atoms with E-state index in [1.54, 1.807) is 36.4 Å². The molecule has 7 heteroatoms. The predicted molar refractivity (Wildman–Crippen MR) is 111 cm³/mol. The van der Waals surface area contributed by atoms with E-state index in [9.17, 15) is 8.42 Å². The number of benzene rings is 2. The van der Waals surface area contributed by atoms with E-state index in [4.69, 9.17) is 4.74 Å². The molecule has 27 heavy (non-hydrogen) atoms. The molecule has 0 aliphatic carbocycles. The molecule has 2 rings (SSSR count). The summed E-state index contributed by atoms with van der Waals surface area (Å²) in [6, 6.07) is 13.6. The summed E-state index contributed by atoms with van der Waals surface area (Å²) in [7, 11) is 0.462. The molecule has 148 valence electrons. The van der Waals surface area contributed by atoms with Crippen LogP contribution >= 0.6 is 0 Å². The largest absolute Gasteiger partial charge is 0.491 e. The maximum Gasteiger partial charge on any atom is 0.261 e. The molecule has 2 aromatic rings. The number of nitrogens with zero attached hydrogens (tertiary/aromatic N) is 1. The van der Waals surface area contributed by atoms with E-state index in [2.05, 4.69) is 14.9 Å². The highest BCUT2D eigenvalue weighted by atomic mass is 32.2. The quantitative estimate of drug-likeness (QED) is 0.605. The zero-order valence-electron chi connectivity index (χ0n) is 16.4. The smallest absolute Gasteiger partial charge is 0.261 e. The van der Waals surface area contributed by atoms with Gasteiger partial charge in [0, 0.05) is 17.9 Å². The Kier molecular flexibility index (Phi) is 7.50. The maximum absolute atomic E-state index is 12.5. The number of sulfonamides is 1. The van der Waals surface area contributed by atoms with Gasteiger partial charge in [-0.1, -0.05) is 0 Å². The molecule has 0 saturated carbocycles. The zero-order chi connectivity index (χ0) is 19.9. The molecule has 6 nitrogen and oxygen atoms in total. The number of nitrogens with one attached hydrogen (secondary N) is 2. The molecule has 0 amide bonds. The number of hydrogen-bond donors (Lipinski definition) is 2. The van der Waals surface area contributed by atoms with E-state index in [1.807, 2.05) is 40.1 Å². The first-order chi connectivity index (χ1) is 12.8. The van der Waals surface area contributed by atoms with E-state index >= 15 is 0 Å². The lowest BCUT2D eigenvalue weighted by atomic mass is 10.3. The van der Waals surface area contributed by atoms with Gasteiger partial charge >= 0.3 is 0 Å². The highest BCUT2D eigenvalue weighted by Crippen LogP contribution is 2.21. The van der Waals surface area contributed by atoms with Gasteiger partial charge in [0.1, 0.15) is 5.75 Å². The van der Waals surface area contributed by atoms with Gasteiger partial charge in [0.2, 0.25) is 0 Å². The van der Waals surface area contributed by atoms with Crippen LogP contribution in [-0.4, -0.2) is 46.6 Å². The molecule has 0 fully saturated rings. The van der Waals surface area contributed by atoms with Crippen LogP contribution in [0.5, 0.6) is 5.75 Å². The summed E-state index contributed by atoms with van der Waals surface area (Å²) in [5.41, 5.74) is 1.49. The van der Waals surface area contributed by atoms with E-state index in [-0.39, 0.29) is 11.0 Å². The van der Waals surface area contributed by atoms with Gasteiger partial charge < -0.3 is 15.0 Å². The average molecular weight is 392 g/mol. The Balaban J connectivity index is 1.94. The lowest BCUT2D eigenvalue weighted by Crippen LogP contribution is -2.16. The van der Waals surface area contributed by atoms with Gasteiger partial charge in [0.05, 0.1) is 11.0 Å². The Bertz CT molecular complexity index is 801. The molecule has 2 aromatic carbocycles. The molecule has 0 aromatic heterocycles. The Morgan fingerprint density at radius 3 is 2.11 bits per heavy atom. The van der Waals surface area contributed by atoms with Gasteiger partial charge in [-0.3, -0.25) is 4.72 Å². The molecule has 0 atom stereocenters. The van der Waals surface area contributed by atoms with Crippen molar-refractivity contribution in [1.82, 2.24) is 4.90 Å². The van der Waals surface area contributed by atoms with Crippen LogP contribution in [0.3, 0.4) is 0 Å². The maximum atomic E-state index is 12.5. The third-order valence-corrected chi connectivity index (χ3v) is 5.15. The number of ether oxygens (including phenoxy) is 1. The molecule has 0 aliphatic rings. The highest BCUT2D eigenvalue weighted by Gasteiger charge is 2.14. The summed E-state index contributed by atoms with van der Waals surface area (Å²) in [6.45, 7) is 5.74. The minimum Gasteiger partial charge on any atom is -0.491 e. The topological polar surface area (TPSA) is 70.7 Å². The lowest BCUT2D eigenvalue weighted by Gasteiger charge is -2.12. The van der Waals surface area contributed by atoms with Crippen molar-refractivity contribution in [3.8, 4) is 5.75 Å². The third kappa shape index (κ3) is 7.11. The van der Waals surface area contributed by atoms with Gasteiger partial charge in [0.25, 0.3) is 10.0 Å². The van der Waals surface area contributed by atoms with E-state index in [0.29, 0.717) is 11.4 Å².